The van der Waals surface area contributed by atoms with Gasteiger partial charge in [-0.15, -0.1) is 0 Å². The maximum Gasteiger partial charge on any atom is 0.341 e. The summed E-state index contributed by atoms with van der Waals surface area (Å²) < 4.78 is 7.73. The molecule has 0 bridgehead atoms. The number of anilines is 1. The van der Waals surface area contributed by atoms with Crippen molar-refractivity contribution >= 4 is 38.5 Å². The maximum atomic E-state index is 12.3. The number of hydrogen-bond acceptors (Lipinski definition) is 4. The molecule has 1 aliphatic heterocycles. The van der Waals surface area contributed by atoms with Crippen LogP contribution in [0.15, 0.2) is 21.4 Å². The monoisotopic (exact) mass is 338 g/mol. The van der Waals surface area contributed by atoms with Gasteiger partial charge < -0.3 is 15.6 Å². The molecule has 0 saturated heterocycles. The van der Waals surface area contributed by atoms with Crippen molar-refractivity contribution in [3.63, 3.8) is 0 Å². The minimum absolute atomic E-state index is 0.259. The van der Waals surface area contributed by atoms with Gasteiger partial charge in [-0.3, -0.25) is 9.36 Å². The number of benzene rings is 1. The molecule has 0 saturated carbocycles. The summed E-state index contributed by atoms with van der Waals surface area (Å²) in [5.74, 6) is -0.746. The van der Waals surface area contributed by atoms with Crippen LogP contribution in [0, 0.1) is 0 Å². The summed E-state index contributed by atoms with van der Waals surface area (Å²) in [6, 6.07) is 2.70. The Morgan fingerprint density at radius 2 is 2.25 bits per heavy atom. The second-order valence-electron chi connectivity index (χ2n) is 4.74. The highest BCUT2D eigenvalue weighted by atomic mass is 79.9. The van der Waals surface area contributed by atoms with Crippen LogP contribution in [0.2, 0.25) is 0 Å². The molecule has 1 aliphatic rings. The third-order valence-electron chi connectivity index (χ3n) is 3.40. The molecule has 7 heteroatoms. The molecule has 3 rings (SSSR count). The van der Waals surface area contributed by atoms with Gasteiger partial charge in [0.15, 0.2) is 5.75 Å². The van der Waals surface area contributed by atoms with Gasteiger partial charge >= 0.3 is 5.97 Å². The molecule has 2 aromatic rings. The van der Waals surface area contributed by atoms with Crippen LogP contribution in [0.3, 0.4) is 0 Å². The van der Waals surface area contributed by atoms with Crippen LogP contribution in [-0.2, 0) is 0 Å². The summed E-state index contributed by atoms with van der Waals surface area (Å²) in [6.07, 6.45) is 0. The molecule has 3 N–H and O–H groups in total. The summed E-state index contributed by atoms with van der Waals surface area (Å²) in [6.45, 7) is 2.10. The quantitative estimate of drug-likeness (QED) is 0.775. The molecule has 0 radical (unpaired) electrons. The largest absolute Gasteiger partial charge is 0.488 e. The molecule has 104 valence electrons. The first-order valence-electron chi connectivity index (χ1n) is 5.95. The van der Waals surface area contributed by atoms with Crippen molar-refractivity contribution in [3.8, 4) is 5.75 Å². The predicted molar refractivity (Wildman–Crippen MR) is 77.5 cm³/mol. The molecule has 0 amide bonds. The van der Waals surface area contributed by atoms with Crippen LogP contribution < -0.4 is 16.0 Å². The smallest absolute Gasteiger partial charge is 0.341 e. The van der Waals surface area contributed by atoms with E-state index in [9.17, 15) is 9.59 Å². The number of rotatable bonds is 1. The number of ether oxygens (including phenoxy) is 1. The summed E-state index contributed by atoms with van der Waals surface area (Å²) in [4.78, 5) is 23.6. The Morgan fingerprint density at radius 3 is 2.90 bits per heavy atom. The second-order valence-corrected chi connectivity index (χ2v) is 5.59. The Balaban J connectivity index is 2.59. The Labute approximate surface area is 121 Å². The van der Waals surface area contributed by atoms with Crippen molar-refractivity contribution in [2.45, 2.75) is 13.0 Å². The second kappa shape index (κ2) is 4.24. The number of carbonyl (C=O) groups is 1. The number of hydrogen-bond donors (Lipinski definition) is 2. The first kappa shape index (κ1) is 13.0. The van der Waals surface area contributed by atoms with E-state index in [2.05, 4.69) is 15.9 Å². The van der Waals surface area contributed by atoms with Crippen molar-refractivity contribution in [2.24, 2.45) is 0 Å². The predicted octanol–water partition coefficient (Wildman–Crippen LogP) is 2.00. The van der Waals surface area contributed by atoms with Crippen LogP contribution in [-0.4, -0.2) is 22.2 Å². The summed E-state index contributed by atoms with van der Waals surface area (Å²) in [5, 5.41) is 9.68. The Morgan fingerprint density at radius 1 is 1.55 bits per heavy atom. The zero-order chi connectivity index (χ0) is 14.6. The zero-order valence-electron chi connectivity index (χ0n) is 10.5. The number of aromatic nitrogens is 1. The fourth-order valence-corrected chi connectivity index (χ4v) is 3.02. The highest BCUT2D eigenvalue weighted by Gasteiger charge is 2.27. The van der Waals surface area contributed by atoms with Gasteiger partial charge in [-0.25, -0.2) is 4.79 Å². The number of carboxylic acid groups (broad SMARTS) is 1. The molecule has 1 aromatic carbocycles. The van der Waals surface area contributed by atoms with Gasteiger partial charge in [0, 0.05) is 11.1 Å². The van der Waals surface area contributed by atoms with Gasteiger partial charge in [-0.2, -0.15) is 0 Å². The van der Waals surface area contributed by atoms with Gasteiger partial charge in [0.1, 0.15) is 12.2 Å². The van der Waals surface area contributed by atoms with Gasteiger partial charge in [0.25, 0.3) is 5.56 Å². The molecular weight excluding hydrogens is 328 g/mol. The molecule has 2 heterocycles. The fraction of sp³-hybridized carbons (Fsp3) is 0.231. The lowest BCUT2D eigenvalue weighted by Gasteiger charge is -2.27. The van der Waals surface area contributed by atoms with E-state index in [0.717, 1.165) is 0 Å². The van der Waals surface area contributed by atoms with Gasteiger partial charge in [0.05, 0.1) is 16.0 Å². The summed E-state index contributed by atoms with van der Waals surface area (Å²) in [5.41, 5.74) is 6.04. The zero-order valence-corrected chi connectivity index (χ0v) is 12.1. The average molecular weight is 339 g/mol. The molecule has 20 heavy (non-hydrogen) atoms. The molecule has 0 aliphatic carbocycles. The van der Waals surface area contributed by atoms with Gasteiger partial charge in [-0.1, -0.05) is 0 Å². The van der Waals surface area contributed by atoms with Crippen molar-refractivity contribution in [2.75, 3.05) is 12.3 Å². The number of halogens is 1. The molecule has 1 atom stereocenters. The van der Waals surface area contributed by atoms with Crippen LogP contribution >= 0.6 is 15.9 Å². The highest BCUT2D eigenvalue weighted by Crippen LogP contribution is 2.40. The van der Waals surface area contributed by atoms with E-state index in [1.807, 2.05) is 0 Å². The summed E-state index contributed by atoms with van der Waals surface area (Å²) >= 11 is 3.35. The lowest BCUT2D eigenvalue weighted by atomic mass is 10.1. The Kier molecular flexibility index (Phi) is 2.75. The van der Waals surface area contributed by atoms with Crippen molar-refractivity contribution in [3.05, 3.63) is 32.5 Å². The molecule has 0 fully saturated rings. The summed E-state index contributed by atoms with van der Waals surface area (Å²) in [7, 11) is 0. The lowest BCUT2D eigenvalue weighted by molar-refractivity contribution is 0.0694. The third-order valence-corrected chi connectivity index (χ3v) is 3.99. The molecule has 0 unspecified atom stereocenters. The van der Waals surface area contributed by atoms with Crippen molar-refractivity contribution in [1.82, 2.24) is 4.57 Å². The first-order valence-corrected chi connectivity index (χ1v) is 6.74. The Bertz CT molecular complexity index is 812. The van der Waals surface area contributed by atoms with Crippen LogP contribution in [0.1, 0.15) is 23.3 Å². The number of pyridine rings is 1. The minimum atomic E-state index is -1.26. The SMILES string of the molecule is C[C@H]1COc2c(Br)cc(N)c3cc(C(=O)O)c(=O)n1c23. The van der Waals surface area contributed by atoms with Crippen LogP contribution in [0.5, 0.6) is 5.75 Å². The van der Waals surface area contributed by atoms with Crippen molar-refractivity contribution in [1.29, 1.82) is 0 Å². The number of carboxylic acids is 1. The first-order chi connectivity index (χ1) is 9.41. The molecule has 1 aromatic heterocycles. The third kappa shape index (κ3) is 1.62. The van der Waals surface area contributed by atoms with E-state index in [1.54, 1.807) is 13.0 Å². The van der Waals surface area contributed by atoms with Crippen LogP contribution in [0.25, 0.3) is 10.9 Å². The lowest BCUT2D eigenvalue weighted by Crippen LogP contribution is -2.34. The van der Waals surface area contributed by atoms with Gasteiger partial charge in [0.2, 0.25) is 0 Å². The number of aromatic carboxylic acids is 1. The fourth-order valence-electron chi connectivity index (χ4n) is 2.47. The topological polar surface area (TPSA) is 94.6 Å². The number of nitrogens with zero attached hydrogens (tertiary/aromatic N) is 1. The normalized spacial score (nSPS) is 17.0. The number of nitrogens with two attached hydrogens (primary N) is 1. The van der Waals surface area contributed by atoms with Crippen LogP contribution in [0.4, 0.5) is 5.69 Å². The van der Waals surface area contributed by atoms with Crippen molar-refractivity contribution < 1.29 is 14.6 Å². The minimum Gasteiger partial charge on any atom is -0.488 e. The molecular formula is C13H11BrN2O4. The Hall–Kier alpha value is -2.02. The van der Waals surface area contributed by atoms with E-state index in [0.29, 0.717) is 33.4 Å². The van der Waals surface area contributed by atoms with E-state index in [1.165, 1.54) is 10.6 Å². The van der Waals surface area contributed by atoms with E-state index in [4.69, 9.17) is 15.6 Å². The average Bonchev–Trinajstić information content (AvgIpc) is 2.37. The highest BCUT2D eigenvalue weighted by molar-refractivity contribution is 9.10. The van der Waals surface area contributed by atoms with E-state index in [-0.39, 0.29) is 11.6 Å². The van der Waals surface area contributed by atoms with E-state index >= 15 is 0 Å². The number of nitrogen functional groups attached to an aromatic ring is 1. The van der Waals surface area contributed by atoms with E-state index < -0.39 is 11.5 Å². The van der Waals surface area contributed by atoms with Gasteiger partial charge in [-0.05, 0) is 35.0 Å². The maximum absolute atomic E-state index is 12.3. The molecule has 6 nitrogen and oxygen atoms in total. The standard InChI is InChI=1S/C13H11BrN2O4/c1-5-4-20-11-8(14)3-9(15)6-2-7(13(18)19)12(17)16(5)10(6)11/h2-3,5H,4,15H2,1H3,(H,18,19)/t5-/m0/s1. The molecule has 0 spiro atoms.